The van der Waals surface area contributed by atoms with Gasteiger partial charge in [0.15, 0.2) is 0 Å². The van der Waals surface area contributed by atoms with E-state index in [1.165, 1.54) is 0 Å². The monoisotopic (exact) mass is 290 g/mol. The average molecular weight is 291 g/mol. The van der Waals surface area contributed by atoms with E-state index in [0.29, 0.717) is 6.04 Å². The minimum atomic E-state index is 0.359. The highest BCUT2D eigenvalue weighted by molar-refractivity contribution is 9.10. The highest BCUT2D eigenvalue weighted by Gasteiger charge is 2.02. The number of hydrogen-bond donors (Lipinski definition) is 1. The van der Waals surface area contributed by atoms with Crippen molar-refractivity contribution in [2.45, 2.75) is 13.0 Å². The maximum Gasteiger partial charge on any atom is 0.0785 e. The van der Waals surface area contributed by atoms with Gasteiger partial charge in [-0.3, -0.25) is 4.98 Å². The molecule has 1 N–H and O–H groups in total. The van der Waals surface area contributed by atoms with Gasteiger partial charge in [-0.05, 0) is 26.1 Å². The van der Waals surface area contributed by atoms with Gasteiger partial charge in [0, 0.05) is 27.7 Å². The van der Waals surface area contributed by atoms with Gasteiger partial charge in [0.05, 0.1) is 5.52 Å². The number of fused-ring (bicyclic) bond motifs is 1. The molecule has 0 fully saturated rings. The number of pyridine rings is 1. The number of nitrogens with zero attached hydrogens (tertiary/aromatic N) is 1. The third kappa shape index (κ3) is 2.73. The molecule has 2 nitrogen and oxygen atoms in total. The van der Waals surface area contributed by atoms with E-state index in [0.717, 1.165) is 20.9 Å². The van der Waals surface area contributed by atoms with E-state index < -0.39 is 0 Å². The van der Waals surface area contributed by atoms with E-state index in [-0.39, 0.29) is 0 Å². The van der Waals surface area contributed by atoms with Gasteiger partial charge >= 0.3 is 0 Å². The molecular formula is C14H15BrN2. The number of hydrogen-bond acceptors (Lipinski definition) is 2. The molecule has 1 aromatic carbocycles. The first kappa shape index (κ1) is 12.3. The molecule has 3 heteroatoms. The number of halogens is 1. The molecule has 0 amide bonds. The second kappa shape index (κ2) is 5.43. The molecule has 0 aliphatic carbocycles. The molecule has 2 aromatic rings. The molecule has 1 atom stereocenters. The topological polar surface area (TPSA) is 24.9 Å². The van der Waals surface area contributed by atoms with Crippen molar-refractivity contribution in [3.8, 4) is 0 Å². The third-order valence-corrected chi connectivity index (χ3v) is 3.46. The zero-order valence-electron chi connectivity index (χ0n) is 9.94. The zero-order valence-corrected chi connectivity index (χ0v) is 11.5. The summed E-state index contributed by atoms with van der Waals surface area (Å²) in [7, 11) is 1.95. The smallest absolute Gasteiger partial charge is 0.0785 e. The number of rotatable bonds is 3. The van der Waals surface area contributed by atoms with Crippen molar-refractivity contribution in [2.24, 2.45) is 0 Å². The summed E-state index contributed by atoms with van der Waals surface area (Å²) in [4.78, 5) is 4.44. The van der Waals surface area contributed by atoms with Gasteiger partial charge in [0.2, 0.25) is 0 Å². The van der Waals surface area contributed by atoms with Crippen molar-refractivity contribution in [3.63, 3.8) is 0 Å². The number of benzene rings is 1. The second-order valence-electron chi connectivity index (χ2n) is 3.97. The summed E-state index contributed by atoms with van der Waals surface area (Å²) in [5, 5.41) is 4.32. The molecule has 0 aliphatic heterocycles. The van der Waals surface area contributed by atoms with Crippen molar-refractivity contribution in [2.75, 3.05) is 7.05 Å². The molecule has 0 saturated carbocycles. The summed E-state index contributed by atoms with van der Waals surface area (Å²) in [5.41, 5.74) is 2.17. The molecule has 2 rings (SSSR count). The Morgan fingerprint density at radius 2 is 2.18 bits per heavy atom. The highest BCUT2D eigenvalue weighted by atomic mass is 79.9. The lowest BCUT2D eigenvalue weighted by Crippen LogP contribution is -2.17. The van der Waals surface area contributed by atoms with Crippen molar-refractivity contribution < 1.29 is 0 Å². The molecule has 0 saturated heterocycles. The van der Waals surface area contributed by atoms with Crippen LogP contribution in [0.2, 0.25) is 0 Å². The van der Waals surface area contributed by atoms with Crippen LogP contribution in [0, 0.1) is 0 Å². The van der Waals surface area contributed by atoms with Crippen LogP contribution in [-0.2, 0) is 0 Å². The first-order chi connectivity index (χ1) is 8.22. The lowest BCUT2D eigenvalue weighted by atomic mass is 10.1. The van der Waals surface area contributed by atoms with Crippen molar-refractivity contribution >= 4 is 32.9 Å². The molecular weight excluding hydrogens is 276 g/mol. The van der Waals surface area contributed by atoms with E-state index in [1.54, 1.807) is 0 Å². The zero-order chi connectivity index (χ0) is 12.3. The van der Waals surface area contributed by atoms with Gasteiger partial charge in [-0.25, -0.2) is 0 Å². The van der Waals surface area contributed by atoms with Crippen LogP contribution < -0.4 is 5.32 Å². The van der Waals surface area contributed by atoms with Gasteiger partial charge in [-0.15, -0.1) is 0 Å². The van der Waals surface area contributed by atoms with Gasteiger partial charge in [0.25, 0.3) is 0 Å². The van der Waals surface area contributed by atoms with Crippen LogP contribution in [0.3, 0.4) is 0 Å². The average Bonchev–Trinajstić information content (AvgIpc) is 2.38. The fourth-order valence-electron chi connectivity index (χ4n) is 1.64. The highest BCUT2D eigenvalue weighted by Crippen LogP contribution is 2.25. The van der Waals surface area contributed by atoms with Gasteiger partial charge in [0.1, 0.15) is 0 Å². The van der Waals surface area contributed by atoms with Crippen LogP contribution in [0.15, 0.2) is 41.0 Å². The summed E-state index contributed by atoms with van der Waals surface area (Å²) in [6.45, 7) is 2.12. The molecule has 88 valence electrons. The lowest BCUT2D eigenvalue weighted by Gasteiger charge is -2.05. The Bertz CT molecular complexity index is 549. The standard InChI is InChI=1S/C14H15BrN2/c1-10(16-2)5-6-11-7-8-13(15)12-4-3-9-17-14(11)12/h3-10,16H,1-2H3/b6-5+. The summed E-state index contributed by atoms with van der Waals surface area (Å²) in [5.74, 6) is 0. The van der Waals surface area contributed by atoms with Gasteiger partial charge in [-0.1, -0.05) is 40.2 Å². The van der Waals surface area contributed by atoms with Crippen LogP contribution in [0.4, 0.5) is 0 Å². The summed E-state index contributed by atoms with van der Waals surface area (Å²) < 4.78 is 1.08. The predicted octanol–water partition coefficient (Wildman–Crippen LogP) is 3.62. The second-order valence-corrected chi connectivity index (χ2v) is 4.83. The van der Waals surface area contributed by atoms with Crippen molar-refractivity contribution in [1.82, 2.24) is 10.3 Å². The van der Waals surface area contributed by atoms with E-state index in [9.17, 15) is 0 Å². The number of likely N-dealkylation sites (N-methyl/N-ethyl adjacent to an activating group) is 1. The van der Waals surface area contributed by atoms with Crippen molar-refractivity contribution in [3.05, 3.63) is 46.6 Å². The fourth-order valence-corrected chi connectivity index (χ4v) is 2.09. The van der Waals surface area contributed by atoms with E-state index in [2.05, 4.69) is 63.5 Å². The molecule has 0 aliphatic rings. The molecule has 0 radical (unpaired) electrons. The Hall–Kier alpha value is -1.19. The SMILES string of the molecule is CNC(C)/C=C/c1ccc(Br)c2cccnc12. The Morgan fingerprint density at radius 3 is 2.94 bits per heavy atom. The normalized spacial score (nSPS) is 13.4. The van der Waals surface area contributed by atoms with Crippen molar-refractivity contribution in [1.29, 1.82) is 0 Å². The Labute approximate surface area is 110 Å². The minimum absolute atomic E-state index is 0.359. The molecule has 1 heterocycles. The summed E-state index contributed by atoms with van der Waals surface area (Å²) in [6.07, 6.45) is 6.08. The quantitative estimate of drug-likeness (QED) is 0.934. The lowest BCUT2D eigenvalue weighted by molar-refractivity contribution is 0.731. The fraction of sp³-hybridized carbons (Fsp3) is 0.214. The van der Waals surface area contributed by atoms with E-state index in [1.807, 2.05) is 19.3 Å². The maximum atomic E-state index is 4.44. The van der Waals surface area contributed by atoms with Crippen LogP contribution in [0.25, 0.3) is 17.0 Å². The maximum absolute atomic E-state index is 4.44. The van der Waals surface area contributed by atoms with Crippen LogP contribution >= 0.6 is 15.9 Å². The van der Waals surface area contributed by atoms with E-state index in [4.69, 9.17) is 0 Å². The molecule has 1 aromatic heterocycles. The van der Waals surface area contributed by atoms with Crippen LogP contribution in [0.1, 0.15) is 12.5 Å². The first-order valence-electron chi connectivity index (χ1n) is 5.61. The van der Waals surface area contributed by atoms with Crippen LogP contribution in [-0.4, -0.2) is 18.1 Å². The minimum Gasteiger partial charge on any atom is -0.314 e. The third-order valence-electron chi connectivity index (χ3n) is 2.77. The summed E-state index contributed by atoms with van der Waals surface area (Å²) in [6, 6.07) is 8.53. The Kier molecular flexibility index (Phi) is 3.92. The molecule has 0 spiro atoms. The Balaban J connectivity index is 2.48. The first-order valence-corrected chi connectivity index (χ1v) is 6.40. The molecule has 17 heavy (non-hydrogen) atoms. The molecule has 1 unspecified atom stereocenters. The number of nitrogens with one attached hydrogen (secondary N) is 1. The van der Waals surface area contributed by atoms with Crippen LogP contribution in [0.5, 0.6) is 0 Å². The Morgan fingerprint density at radius 1 is 1.35 bits per heavy atom. The van der Waals surface area contributed by atoms with Gasteiger partial charge < -0.3 is 5.32 Å². The van der Waals surface area contributed by atoms with E-state index >= 15 is 0 Å². The largest absolute Gasteiger partial charge is 0.314 e. The molecule has 0 bridgehead atoms. The predicted molar refractivity (Wildman–Crippen MR) is 77.0 cm³/mol. The summed E-state index contributed by atoms with van der Waals surface area (Å²) >= 11 is 3.55. The van der Waals surface area contributed by atoms with Gasteiger partial charge in [-0.2, -0.15) is 0 Å². The number of aromatic nitrogens is 1.